The van der Waals surface area contributed by atoms with Crippen molar-refractivity contribution in [2.45, 2.75) is 58.7 Å². The lowest BCUT2D eigenvalue weighted by Gasteiger charge is -2.29. The first-order valence-corrected chi connectivity index (χ1v) is 14.2. The minimum Gasteiger partial charge on any atom is -0.494 e. The Morgan fingerprint density at radius 2 is 1.87 bits per heavy atom. The molecule has 204 valence electrons. The summed E-state index contributed by atoms with van der Waals surface area (Å²) in [5.41, 5.74) is 6.94. The van der Waals surface area contributed by atoms with E-state index >= 15 is 0 Å². The largest absolute Gasteiger partial charge is 0.494 e. The molecule has 0 aromatic heterocycles. The summed E-state index contributed by atoms with van der Waals surface area (Å²) in [5, 5.41) is 10.7. The molecule has 4 rings (SSSR count). The van der Waals surface area contributed by atoms with Gasteiger partial charge in [0.25, 0.3) is 0 Å². The molecule has 1 aliphatic carbocycles. The molecule has 6 nitrogen and oxygen atoms in total. The molecule has 38 heavy (non-hydrogen) atoms. The van der Waals surface area contributed by atoms with Crippen molar-refractivity contribution in [1.29, 1.82) is 0 Å². The molecule has 2 aliphatic rings. The summed E-state index contributed by atoms with van der Waals surface area (Å²) in [6.07, 6.45) is 11.5. The maximum Gasteiger partial charge on any atom is 0.125 e. The van der Waals surface area contributed by atoms with E-state index in [4.69, 9.17) is 9.73 Å². The summed E-state index contributed by atoms with van der Waals surface area (Å²) in [7, 11) is 4.17. The highest BCUT2D eigenvalue weighted by atomic mass is 16.5. The normalized spacial score (nSPS) is 20.8. The van der Waals surface area contributed by atoms with E-state index in [9.17, 15) is 0 Å². The molecule has 0 radical (unpaired) electrons. The quantitative estimate of drug-likeness (QED) is 0.231. The molecule has 0 saturated carbocycles. The SMILES string of the molecule is CCCCCOc1ccc(C=Nc2cc(C3NC4=C[C@H](CC)C(NCCNC)C=C4N3C)ccc2C)cc1. The number of nitrogens with zero attached hydrogens (tertiary/aromatic N) is 2. The number of hydrogen-bond acceptors (Lipinski definition) is 6. The second-order valence-electron chi connectivity index (χ2n) is 10.4. The predicted octanol–water partition coefficient (Wildman–Crippen LogP) is 5.83. The van der Waals surface area contributed by atoms with E-state index < -0.39 is 0 Å². The van der Waals surface area contributed by atoms with Gasteiger partial charge >= 0.3 is 0 Å². The van der Waals surface area contributed by atoms with Gasteiger partial charge in [-0.1, -0.05) is 44.9 Å². The van der Waals surface area contributed by atoms with Crippen LogP contribution >= 0.6 is 0 Å². The van der Waals surface area contributed by atoms with Crippen molar-refractivity contribution >= 4 is 11.9 Å². The zero-order valence-electron chi connectivity index (χ0n) is 23.8. The zero-order chi connectivity index (χ0) is 26.9. The summed E-state index contributed by atoms with van der Waals surface area (Å²) in [6.45, 7) is 9.29. The Bertz CT molecular complexity index is 1140. The summed E-state index contributed by atoms with van der Waals surface area (Å²) in [4.78, 5) is 7.21. The number of ether oxygens (including phenoxy) is 1. The van der Waals surface area contributed by atoms with Crippen molar-refractivity contribution in [1.82, 2.24) is 20.9 Å². The fraction of sp³-hybridized carbons (Fsp3) is 0.469. The highest BCUT2D eigenvalue weighted by Gasteiger charge is 2.34. The first-order chi connectivity index (χ1) is 18.5. The van der Waals surface area contributed by atoms with Gasteiger partial charge in [-0.3, -0.25) is 4.99 Å². The summed E-state index contributed by atoms with van der Waals surface area (Å²) < 4.78 is 5.84. The van der Waals surface area contributed by atoms with E-state index in [2.05, 4.69) is 91.2 Å². The van der Waals surface area contributed by atoms with Gasteiger partial charge < -0.3 is 25.6 Å². The highest BCUT2D eigenvalue weighted by Crippen LogP contribution is 2.38. The Hall–Kier alpha value is -3.09. The Kier molecular flexibility index (Phi) is 10.0. The standard InChI is InChI=1S/C32H45N5O/c1-6-8-9-18-38-27-14-11-24(12-15-27)22-35-28-20-26(13-10-23(28)3)32-36-30-19-25(7-2)29(34-17-16-33-4)21-31(30)37(32)5/h10-15,19-22,25,29,32-34,36H,6-9,16-18H2,1-5H3/t25-,29?,32?/m0/s1. The van der Waals surface area contributed by atoms with Gasteiger partial charge in [-0.2, -0.15) is 0 Å². The topological polar surface area (TPSA) is 60.9 Å². The van der Waals surface area contributed by atoms with Crippen molar-refractivity contribution in [3.05, 3.63) is 82.7 Å². The number of benzene rings is 2. The molecule has 1 aliphatic heterocycles. The van der Waals surface area contributed by atoms with Crippen LogP contribution in [0.3, 0.4) is 0 Å². The van der Waals surface area contributed by atoms with Gasteiger partial charge in [-0.25, -0.2) is 0 Å². The summed E-state index contributed by atoms with van der Waals surface area (Å²) >= 11 is 0. The third-order valence-electron chi connectivity index (χ3n) is 7.54. The molecule has 6 heteroatoms. The van der Waals surface area contributed by atoms with Crippen molar-refractivity contribution in [2.75, 3.05) is 33.8 Å². The maximum absolute atomic E-state index is 5.84. The fourth-order valence-electron chi connectivity index (χ4n) is 5.12. The number of nitrogens with one attached hydrogen (secondary N) is 3. The molecule has 1 heterocycles. The minimum atomic E-state index is 0.0831. The van der Waals surface area contributed by atoms with Crippen LogP contribution in [0.15, 0.2) is 71.0 Å². The first-order valence-electron chi connectivity index (χ1n) is 14.2. The summed E-state index contributed by atoms with van der Waals surface area (Å²) in [6, 6.07) is 15.1. The molecule has 0 bridgehead atoms. The molecule has 3 atom stereocenters. The number of fused-ring (bicyclic) bond motifs is 1. The van der Waals surface area contributed by atoms with Crippen LogP contribution in [-0.2, 0) is 0 Å². The van der Waals surface area contributed by atoms with Crippen LogP contribution in [0.5, 0.6) is 5.75 Å². The van der Waals surface area contributed by atoms with E-state index in [1.54, 1.807) is 0 Å². The molecule has 0 spiro atoms. The van der Waals surface area contributed by atoms with Crippen LogP contribution < -0.4 is 20.7 Å². The molecule has 2 unspecified atom stereocenters. The minimum absolute atomic E-state index is 0.0831. The Balaban J connectivity index is 1.46. The summed E-state index contributed by atoms with van der Waals surface area (Å²) in [5.74, 6) is 1.40. The van der Waals surface area contributed by atoms with E-state index in [0.717, 1.165) is 55.1 Å². The number of hydrogen-bond donors (Lipinski definition) is 3. The second-order valence-corrected chi connectivity index (χ2v) is 10.4. The Labute approximate surface area is 229 Å². The van der Waals surface area contributed by atoms with Crippen LogP contribution in [0.4, 0.5) is 5.69 Å². The highest BCUT2D eigenvalue weighted by molar-refractivity contribution is 5.82. The Morgan fingerprint density at radius 3 is 2.61 bits per heavy atom. The van der Waals surface area contributed by atoms with Gasteiger partial charge in [0.15, 0.2) is 0 Å². The number of likely N-dealkylation sites (N-methyl/N-ethyl adjacent to an activating group) is 2. The number of rotatable bonds is 13. The van der Waals surface area contributed by atoms with Gasteiger partial charge in [0.2, 0.25) is 0 Å². The van der Waals surface area contributed by atoms with Gasteiger partial charge in [0.05, 0.1) is 23.7 Å². The molecule has 0 amide bonds. The van der Waals surface area contributed by atoms with E-state index in [-0.39, 0.29) is 6.17 Å². The number of aryl methyl sites for hydroxylation is 1. The lowest BCUT2D eigenvalue weighted by molar-refractivity contribution is 0.306. The van der Waals surface area contributed by atoms with Crippen molar-refractivity contribution in [2.24, 2.45) is 10.9 Å². The lowest BCUT2D eigenvalue weighted by Crippen LogP contribution is -2.39. The number of aliphatic imine (C=N–C) groups is 1. The van der Waals surface area contributed by atoms with Gasteiger partial charge in [-0.15, -0.1) is 0 Å². The third-order valence-corrected chi connectivity index (χ3v) is 7.54. The van der Waals surface area contributed by atoms with Crippen molar-refractivity contribution < 1.29 is 4.74 Å². The maximum atomic E-state index is 5.84. The molecular weight excluding hydrogens is 470 g/mol. The van der Waals surface area contributed by atoms with E-state index in [1.807, 2.05) is 25.4 Å². The molecule has 3 N–H and O–H groups in total. The third kappa shape index (κ3) is 6.86. The van der Waals surface area contributed by atoms with Gasteiger partial charge in [0, 0.05) is 32.4 Å². The van der Waals surface area contributed by atoms with Crippen molar-refractivity contribution in [3.8, 4) is 5.75 Å². The molecule has 1 fully saturated rings. The van der Waals surface area contributed by atoms with Crippen LogP contribution in [0.1, 0.15) is 62.4 Å². The molecule has 2 aromatic carbocycles. The molecule has 2 aromatic rings. The van der Waals surface area contributed by atoms with Crippen molar-refractivity contribution in [3.63, 3.8) is 0 Å². The smallest absolute Gasteiger partial charge is 0.125 e. The van der Waals surface area contributed by atoms with Gasteiger partial charge in [0.1, 0.15) is 11.9 Å². The van der Waals surface area contributed by atoms with Crippen LogP contribution in [0.25, 0.3) is 0 Å². The fourth-order valence-corrected chi connectivity index (χ4v) is 5.12. The Morgan fingerprint density at radius 1 is 1.05 bits per heavy atom. The zero-order valence-corrected chi connectivity index (χ0v) is 23.8. The number of unbranched alkanes of at least 4 members (excludes halogenated alkanes) is 2. The molecule has 1 saturated heterocycles. The lowest BCUT2D eigenvalue weighted by atomic mass is 9.90. The average Bonchev–Trinajstić information content (AvgIpc) is 3.26. The van der Waals surface area contributed by atoms with Crippen LogP contribution in [0, 0.1) is 12.8 Å². The van der Waals surface area contributed by atoms with E-state index in [0.29, 0.717) is 12.0 Å². The predicted molar refractivity (Wildman–Crippen MR) is 159 cm³/mol. The first kappa shape index (κ1) is 27.9. The molecular formula is C32H45N5O. The van der Waals surface area contributed by atoms with Crippen LogP contribution in [0.2, 0.25) is 0 Å². The monoisotopic (exact) mass is 515 g/mol. The average molecular weight is 516 g/mol. The second kappa shape index (κ2) is 13.6. The van der Waals surface area contributed by atoms with E-state index in [1.165, 1.54) is 29.8 Å². The van der Waals surface area contributed by atoms with Crippen LogP contribution in [-0.4, -0.2) is 50.9 Å². The van der Waals surface area contributed by atoms with Gasteiger partial charge in [-0.05, 0) is 85.8 Å².